The van der Waals surface area contributed by atoms with E-state index in [1.807, 2.05) is 44.3 Å². The van der Waals surface area contributed by atoms with Gasteiger partial charge in [-0.3, -0.25) is 4.79 Å². The van der Waals surface area contributed by atoms with Crippen molar-refractivity contribution in [2.75, 3.05) is 11.9 Å². The van der Waals surface area contributed by atoms with Crippen molar-refractivity contribution < 1.29 is 9.53 Å². The van der Waals surface area contributed by atoms with Crippen LogP contribution in [-0.4, -0.2) is 27.5 Å². The van der Waals surface area contributed by atoms with Gasteiger partial charge in [0.05, 0.1) is 12.1 Å². The molecule has 0 radical (unpaired) electrons. The molecule has 3 rings (SSSR count). The number of amides is 1. The molecule has 3 aromatic rings. The summed E-state index contributed by atoms with van der Waals surface area (Å²) in [5.74, 6) is 0.914. The number of aryl methyl sites for hydroxylation is 3. The predicted molar refractivity (Wildman–Crippen MR) is 102 cm³/mol. The van der Waals surface area contributed by atoms with E-state index in [1.165, 1.54) is 5.56 Å². The molecule has 1 aromatic heterocycles. The highest BCUT2D eigenvalue weighted by Crippen LogP contribution is 2.19. The Morgan fingerprint density at radius 2 is 2.00 bits per heavy atom. The van der Waals surface area contributed by atoms with E-state index < -0.39 is 0 Å². The number of hydrogen-bond acceptors (Lipinski definition) is 4. The Hall–Kier alpha value is -2.89. The maximum atomic E-state index is 12.1. The minimum atomic E-state index is -0.000225. The van der Waals surface area contributed by atoms with Gasteiger partial charge in [0.1, 0.15) is 11.3 Å². The van der Waals surface area contributed by atoms with Gasteiger partial charge in [0.15, 0.2) is 0 Å². The highest BCUT2D eigenvalue weighted by Gasteiger charge is 2.06. The minimum Gasteiger partial charge on any atom is -0.493 e. The van der Waals surface area contributed by atoms with Gasteiger partial charge < -0.3 is 10.1 Å². The normalized spacial score (nSPS) is 10.9. The van der Waals surface area contributed by atoms with Crippen LogP contribution in [0.1, 0.15) is 30.4 Å². The summed E-state index contributed by atoms with van der Waals surface area (Å²) in [6.07, 6.45) is 2.09. The highest BCUT2D eigenvalue weighted by molar-refractivity contribution is 5.92. The van der Waals surface area contributed by atoms with Crippen molar-refractivity contribution in [2.24, 2.45) is 7.05 Å². The van der Waals surface area contributed by atoms with Crippen LogP contribution < -0.4 is 10.1 Å². The number of hydrogen-bond donors (Lipinski definition) is 1. The number of benzene rings is 2. The summed E-state index contributed by atoms with van der Waals surface area (Å²) in [5, 5.41) is 10.9. The third-order valence-corrected chi connectivity index (χ3v) is 4.28. The number of carbonyl (C=O) groups excluding carboxylic acids is 1. The molecule has 0 saturated carbocycles. The summed E-state index contributed by atoms with van der Waals surface area (Å²) < 4.78 is 7.50. The van der Waals surface area contributed by atoms with Crippen molar-refractivity contribution >= 4 is 22.6 Å². The average molecular weight is 352 g/mol. The van der Waals surface area contributed by atoms with Crippen molar-refractivity contribution in [3.05, 3.63) is 47.5 Å². The van der Waals surface area contributed by atoms with Crippen LogP contribution in [0.2, 0.25) is 0 Å². The number of anilines is 1. The van der Waals surface area contributed by atoms with E-state index in [0.717, 1.165) is 40.9 Å². The van der Waals surface area contributed by atoms with E-state index in [1.54, 1.807) is 4.68 Å². The first-order chi connectivity index (χ1) is 12.5. The highest BCUT2D eigenvalue weighted by atomic mass is 16.5. The molecule has 1 amide bonds. The topological polar surface area (TPSA) is 69.0 Å². The summed E-state index contributed by atoms with van der Waals surface area (Å²) in [4.78, 5) is 12.1. The van der Waals surface area contributed by atoms with Gasteiger partial charge in [-0.25, -0.2) is 4.68 Å². The van der Waals surface area contributed by atoms with Gasteiger partial charge in [-0.1, -0.05) is 22.9 Å². The largest absolute Gasteiger partial charge is 0.493 e. The Balaban J connectivity index is 1.41. The molecule has 0 aliphatic carbocycles. The third kappa shape index (κ3) is 4.39. The molecule has 2 aromatic carbocycles. The zero-order valence-electron chi connectivity index (χ0n) is 15.5. The van der Waals surface area contributed by atoms with Crippen LogP contribution in [0.4, 0.5) is 5.69 Å². The number of fused-ring (bicyclic) bond motifs is 1. The Labute approximate surface area is 153 Å². The quantitative estimate of drug-likeness (QED) is 0.657. The van der Waals surface area contributed by atoms with E-state index in [-0.39, 0.29) is 5.91 Å². The molecule has 0 aliphatic heterocycles. The fourth-order valence-corrected chi connectivity index (χ4v) is 2.87. The molecule has 26 heavy (non-hydrogen) atoms. The fourth-order valence-electron chi connectivity index (χ4n) is 2.87. The molecule has 1 heterocycles. The lowest BCUT2D eigenvalue weighted by atomic mass is 10.1. The van der Waals surface area contributed by atoms with Gasteiger partial charge in [-0.05, 0) is 56.5 Å². The maximum absolute atomic E-state index is 12.1. The van der Waals surface area contributed by atoms with Crippen molar-refractivity contribution in [1.82, 2.24) is 15.0 Å². The number of ether oxygens (including phenoxy) is 1. The van der Waals surface area contributed by atoms with Crippen LogP contribution in [-0.2, 0) is 11.8 Å². The number of aromatic nitrogens is 3. The van der Waals surface area contributed by atoms with E-state index in [9.17, 15) is 4.79 Å². The molecule has 0 spiro atoms. The van der Waals surface area contributed by atoms with Gasteiger partial charge in [-0.2, -0.15) is 0 Å². The molecule has 0 fully saturated rings. The van der Waals surface area contributed by atoms with E-state index in [0.29, 0.717) is 13.0 Å². The molecule has 0 unspecified atom stereocenters. The Kier molecular flexibility index (Phi) is 5.51. The molecule has 6 nitrogen and oxygen atoms in total. The minimum absolute atomic E-state index is 0.000225. The molecule has 0 atom stereocenters. The molecular weight excluding hydrogens is 328 g/mol. The van der Waals surface area contributed by atoms with Crippen molar-refractivity contribution in [3.8, 4) is 5.75 Å². The second-order valence-corrected chi connectivity index (χ2v) is 6.54. The number of rotatable bonds is 7. The number of nitrogens with zero attached hydrogens (tertiary/aromatic N) is 3. The lowest BCUT2D eigenvalue weighted by Crippen LogP contribution is -2.11. The summed E-state index contributed by atoms with van der Waals surface area (Å²) in [5.41, 5.74) is 4.82. The first-order valence-corrected chi connectivity index (χ1v) is 8.82. The third-order valence-electron chi connectivity index (χ3n) is 4.28. The molecule has 0 saturated heterocycles. The predicted octanol–water partition coefficient (Wildman–Crippen LogP) is 3.77. The van der Waals surface area contributed by atoms with Gasteiger partial charge in [0.25, 0.3) is 0 Å². The SMILES string of the molecule is Cc1ccc(OCCCCC(=O)Nc2ccc3c(c2)nnn3C)c(C)c1. The van der Waals surface area contributed by atoms with Gasteiger partial charge in [-0.15, -0.1) is 5.10 Å². The van der Waals surface area contributed by atoms with Crippen LogP contribution in [0.25, 0.3) is 11.0 Å². The van der Waals surface area contributed by atoms with Crippen LogP contribution in [0.15, 0.2) is 36.4 Å². The van der Waals surface area contributed by atoms with Crippen molar-refractivity contribution in [3.63, 3.8) is 0 Å². The molecule has 6 heteroatoms. The monoisotopic (exact) mass is 352 g/mol. The smallest absolute Gasteiger partial charge is 0.224 e. The molecule has 136 valence electrons. The first kappa shape index (κ1) is 17.9. The van der Waals surface area contributed by atoms with E-state index in [2.05, 4.69) is 28.6 Å². The molecule has 0 bridgehead atoms. The van der Waals surface area contributed by atoms with E-state index >= 15 is 0 Å². The van der Waals surface area contributed by atoms with Gasteiger partial charge in [0.2, 0.25) is 5.91 Å². The second kappa shape index (κ2) is 7.99. The fraction of sp³-hybridized carbons (Fsp3) is 0.350. The number of carbonyl (C=O) groups is 1. The first-order valence-electron chi connectivity index (χ1n) is 8.82. The molecule has 1 N–H and O–H groups in total. The Morgan fingerprint density at radius 3 is 2.81 bits per heavy atom. The summed E-state index contributed by atoms with van der Waals surface area (Å²) in [6.45, 7) is 4.73. The second-order valence-electron chi connectivity index (χ2n) is 6.54. The zero-order valence-corrected chi connectivity index (χ0v) is 15.5. The van der Waals surface area contributed by atoms with E-state index in [4.69, 9.17) is 4.74 Å². The van der Waals surface area contributed by atoms with Gasteiger partial charge in [0, 0.05) is 19.2 Å². The lowest BCUT2D eigenvalue weighted by Gasteiger charge is -2.10. The van der Waals surface area contributed by atoms with Crippen LogP contribution in [0.5, 0.6) is 5.75 Å². The lowest BCUT2D eigenvalue weighted by molar-refractivity contribution is -0.116. The Bertz CT molecular complexity index is 917. The molecule has 0 aliphatic rings. The van der Waals surface area contributed by atoms with Gasteiger partial charge >= 0.3 is 0 Å². The summed E-state index contributed by atoms with van der Waals surface area (Å²) in [7, 11) is 1.84. The van der Waals surface area contributed by atoms with Crippen LogP contribution >= 0.6 is 0 Å². The van der Waals surface area contributed by atoms with Crippen molar-refractivity contribution in [2.45, 2.75) is 33.1 Å². The Morgan fingerprint density at radius 1 is 1.15 bits per heavy atom. The van der Waals surface area contributed by atoms with Crippen LogP contribution in [0, 0.1) is 13.8 Å². The number of nitrogens with one attached hydrogen (secondary N) is 1. The van der Waals surface area contributed by atoms with Crippen molar-refractivity contribution in [1.29, 1.82) is 0 Å². The summed E-state index contributed by atoms with van der Waals surface area (Å²) in [6, 6.07) is 11.8. The van der Waals surface area contributed by atoms with Crippen LogP contribution in [0.3, 0.4) is 0 Å². The average Bonchev–Trinajstić information content (AvgIpc) is 2.97. The number of unbranched alkanes of at least 4 members (excludes halogenated alkanes) is 1. The standard InChI is InChI=1S/C20H24N4O2/c1-14-7-10-19(15(2)12-14)26-11-5-4-6-20(25)21-16-8-9-18-17(13-16)22-23-24(18)3/h7-10,12-13H,4-6,11H2,1-3H3,(H,21,25). The molecular formula is C20H24N4O2. The zero-order chi connectivity index (χ0) is 18.5. The maximum Gasteiger partial charge on any atom is 0.224 e. The summed E-state index contributed by atoms with van der Waals surface area (Å²) >= 11 is 0.